The van der Waals surface area contributed by atoms with Gasteiger partial charge in [-0.1, -0.05) is 6.92 Å². The molecule has 0 fully saturated rings. The van der Waals surface area contributed by atoms with Crippen LogP contribution in [0.1, 0.15) is 6.92 Å². The first-order valence-corrected chi connectivity index (χ1v) is 4.33. The standard InChI is InChI=1S/C8H17ClO2/c1-7(4-9)8(5-10-2)6-11-3/h7-8H,4-6H2,1-3H3. The Morgan fingerprint density at radius 1 is 1.18 bits per heavy atom. The van der Waals surface area contributed by atoms with Gasteiger partial charge in [0.1, 0.15) is 0 Å². The summed E-state index contributed by atoms with van der Waals surface area (Å²) in [6, 6.07) is 0. The minimum absolute atomic E-state index is 0.419. The molecular weight excluding hydrogens is 164 g/mol. The average Bonchev–Trinajstić information content (AvgIpc) is 2.03. The third kappa shape index (κ3) is 4.62. The Morgan fingerprint density at radius 3 is 1.91 bits per heavy atom. The monoisotopic (exact) mass is 180 g/mol. The zero-order valence-corrected chi connectivity index (χ0v) is 8.23. The Bertz CT molecular complexity index is 82.2. The Hall–Kier alpha value is 0.210. The van der Waals surface area contributed by atoms with Crippen LogP contribution in [-0.2, 0) is 9.47 Å². The van der Waals surface area contributed by atoms with Gasteiger partial charge in [-0.15, -0.1) is 11.6 Å². The smallest absolute Gasteiger partial charge is 0.0515 e. The molecule has 0 bridgehead atoms. The van der Waals surface area contributed by atoms with Gasteiger partial charge in [-0.05, 0) is 5.92 Å². The third-order valence-corrected chi connectivity index (χ3v) is 2.30. The molecule has 0 radical (unpaired) electrons. The number of alkyl halides is 1. The van der Waals surface area contributed by atoms with E-state index in [1.54, 1.807) is 14.2 Å². The molecule has 0 spiro atoms. The predicted molar refractivity (Wildman–Crippen MR) is 47.1 cm³/mol. The molecule has 68 valence electrons. The van der Waals surface area contributed by atoms with E-state index in [-0.39, 0.29) is 0 Å². The lowest BCUT2D eigenvalue weighted by Crippen LogP contribution is -2.23. The molecular formula is C8H17ClO2. The molecule has 0 rings (SSSR count). The molecule has 0 aromatic carbocycles. The Balaban J connectivity index is 3.66. The van der Waals surface area contributed by atoms with Crippen molar-refractivity contribution in [2.45, 2.75) is 6.92 Å². The molecule has 1 unspecified atom stereocenters. The van der Waals surface area contributed by atoms with Gasteiger partial charge in [0.15, 0.2) is 0 Å². The lowest BCUT2D eigenvalue weighted by molar-refractivity contribution is 0.0631. The van der Waals surface area contributed by atoms with Gasteiger partial charge >= 0.3 is 0 Å². The molecule has 0 saturated carbocycles. The summed E-state index contributed by atoms with van der Waals surface area (Å²) >= 11 is 5.71. The maximum Gasteiger partial charge on any atom is 0.0515 e. The van der Waals surface area contributed by atoms with Crippen LogP contribution < -0.4 is 0 Å². The summed E-state index contributed by atoms with van der Waals surface area (Å²) in [5.74, 6) is 1.54. The largest absolute Gasteiger partial charge is 0.384 e. The van der Waals surface area contributed by atoms with Gasteiger partial charge in [-0.2, -0.15) is 0 Å². The van der Waals surface area contributed by atoms with Gasteiger partial charge in [0.25, 0.3) is 0 Å². The Labute approximate surface area is 73.8 Å². The van der Waals surface area contributed by atoms with Gasteiger partial charge in [0, 0.05) is 26.0 Å². The van der Waals surface area contributed by atoms with Crippen LogP contribution in [0, 0.1) is 11.8 Å². The van der Waals surface area contributed by atoms with E-state index in [0.717, 1.165) is 13.2 Å². The highest BCUT2D eigenvalue weighted by Crippen LogP contribution is 2.13. The number of rotatable bonds is 6. The van der Waals surface area contributed by atoms with Gasteiger partial charge in [-0.3, -0.25) is 0 Å². The van der Waals surface area contributed by atoms with Gasteiger partial charge in [0.05, 0.1) is 13.2 Å². The van der Waals surface area contributed by atoms with Crippen LogP contribution in [-0.4, -0.2) is 33.3 Å². The molecule has 0 saturated heterocycles. The maximum atomic E-state index is 5.71. The van der Waals surface area contributed by atoms with E-state index in [1.807, 2.05) is 0 Å². The molecule has 0 aliphatic carbocycles. The average molecular weight is 181 g/mol. The van der Waals surface area contributed by atoms with E-state index in [4.69, 9.17) is 21.1 Å². The second-order valence-corrected chi connectivity index (χ2v) is 3.11. The van der Waals surface area contributed by atoms with E-state index in [1.165, 1.54) is 0 Å². The van der Waals surface area contributed by atoms with Gasteiger partial charge < -0.3 is 9.47 Å². The van der Waals surface area contributed by atoms with Crippen LogP contribution in [0.25, 0.3) is 0 Å². The SMILES string of the molecule is COCC(COC)C(C)CCl. The normalized spacial score (nSPS) is 13.9. The van der Waals surface area contributed by atoms with Crippen molar-refractivity contribution in [1.29, 1.82) is 0 Å². The van der Waals surface area contributed by atoms with Crippen molar-refractivity contribution < 1.29 is 9.47 Å². The van der Waals surface area contributed by atoms with E-state index < -0.39 is 0 Å². The molecule has 2 nitrogen and oxygen atoms in total. The molecule has 0 heterocycles. The van der Waals surface area contributed by atoms with Crippen molar-refractivity contribution in [3.63, 3.8) is 0 Å². The Kier molecular flexibility index (Phi) is 7.02. The summed E-state index contributed by atoms with van der Waals surface area (Å²) in [6.07, 6.45) is 0. The minimum atomic E-state index is 0.419. The maximum absolute atomic E-state index is 5.71. The topological polar surface area (TPSA) is 18.5 Å². The zero-order valence-electron chi connectivity index (χ0n) is 7.47. The molecule has 0 aromatic heterocycles. The van der Waals surface area contributed by atoms with Crippen molar-refractivity contribution in [3.8, 4) is 0 Å². The molecule has 1 atom stereocenters. The Morgan fingerprint density at radius 2 is 1.64 bits per heavy atom. The lowest BCUT2D eigenvalue weighted by atomic mass is 9.98. The van der Waals surface area contributed by atoms with Crippen LogP contribution >= 0.6 is 11.6 Å². The van der Waals surface area contributed by atoms with Crippen LogP contribution in [0.4, 0.5) is 0 Å². The quantitative estimate of drug-likeness (QED) is 0.581. The first-order valence-electron chi connectivity index (χ1n) is 3.80. The first kappa shape index (κ1) is 11.2. The molecule has 3 heteroatoms. The number of ether oxygens (including phenoxy) is 2. The summed E-state index contributed by atoms with van der Waals surface area (Å²) in [6.45, 7) is 3.55. The summed E-state index contributed by atoms with van der Waals surface area (Å²) in [4.78, 5) is 0. The van der Waals surface area contributed by atoms with Crippen LogP contribution in [0.15, 0.2) is 0 Å². The molecule has 0 aliphatic rings. The van der Waals surface area contributed by atoms with E-state index in [0.29, 0.717) is 17.7 Å². The van der Waals surface area contributed by atoms with Crippen LogP contribution in [0.2, 0.25) is 0 Å². The number of hydrogen-bond acceptors (Lipinski definition) is 2. The highest BCUT2D eigenvalue weighted by atomic mass is 35.5. The lowest BCUT2D eigenvalue weighted by Gasteiger charge is -2.20. The number of halogens is 1. The molecule has 0 aromatic rings. The first-order chi connectivity index (χ1) is 5.26. The highest BCUT2D eigenvalue weighted by Gasteiger charge is 2.15. The fourth-order valence-corrected chi connectivity index (χ4v) is 1.18. The fourth-order valence-electron chi connectivity index (χ4n) is 0.931. The number of hydrogen-bond donors (Lipinski definition) is 0. The molecule has 0 aliphatic heterocycles. The summed E-state index contributed by atoms with van der Waals surface area (Å²) in [7, 11) is 3.40. The molecule has 0 N–H and O–H groups in total. The van der Waals surface area contributed by atoms with Crippen molar-refractivity contribution >= 4 is 11.6 Å². The molecule has 0 amide bonds. The van der Waals surface area contributed by atoms with Crippen molar-refractivity contribution in [2.75, 3.05) is 33.3 Å². The van der Waals surface area contributed by atoms with Crippen LogP contribution in [0.3, 0.4) is 0 Å². The predicted octanol–water partition coefficient (Wildman–Crippen LogP) is 1.77. The van der Waals surface area contributed by atoms with E-state index >= 15 is 0 Å². The summed E-state index contributed by atoms with van der Waals surface area (Å²) in [5, 5.41) is 0. The second-order valence-electron chi connectivity index (χ2n) is 2.80. The van der Waals surface area contributed by atoms with Crippen molar-refractivity contribution in [1.82, 2.24) is 0 Å². The second kappa shape index (κ2) is 6.89. The fraction of sp³-hybridized carbons (Fsp3) is 1.00. The third-order valence-electron chi connectivity index (χ3n) is 1.81. The molecule has 11 heavy (non-hydrogen) atoms. The van der Waals surface area contributed by atoms with Gasteiger partial charge in [0.2, 0.25) is 0 Å². The zero-order chi connectivity index (χ0) is 8.69. The highest BCUT2D eigenvalue weighted by molar-refractivity contribution is 6.18. The van der Waals surface area contributed by atoms with E-state index in [2.05, 4.69) is 6.92 Å². The minimum Gasteiger partial charge on any atom is -0.384 e. The summed E-state index contributed by atoms with van der Waals surface area (Å²) < 4.78 is 10.1. The van der Waals surface area contributed by atoms with Crippen molar-refractivity contribution in [2.24, 2.45) is 11.8 Å². The summed E-state index contributed by atoms with van der Waals surface area (Å²) in [5.41, 5.74) is 0. The number of methoxy groups -OCH3 is 2. The van der Waals surface area contributed by atoms with Crippen molar-refractivity contribution in [3.05, 3.63) is 0 Å². The van der Waals surface area contributed by atoms with Crippen LogP contribution in [0.5, 0.6) is 0 Å². The van der Waals surface area contributed by atoms with E-state index in [9.17, 15) is 0 Å². The van der Waals surface area contributed by atoms with Gasteiger partial charge in [-0.25, -0.2) is 0 Å².